The van der Waals surface area contributed by atoms with E-state index in [-0.39, 0.29) is 17.6 Å². The molecule has 0 N–H and O–H groups in total. The summed E-state index contributed by atoms with van der Waals surface area (Å²) in [5, 5.41) is 0. The number of likely N-dealkylation sites (tertiary alicyclic amines) is 1. The third kappa shape index (κ3) is 4.03. The van der Waals surface area contributed by atoms with Crippen molar-refractivity contribution in [2.24, 2.45) is 0 Å². The topological polar surface area (TPSA) is 81.4 Å². The molecule has 0 spiro atoms. The Bertz CT molecular complexity index is 924. The first-order chi connectivity index (χ1) is 13.7. The van der Waals surface area contributed by atoms with Crippen LogP contribution in [0.1, 0.15) is 46.6 Å². The van der Waals surface area contributed by atoms with Crippen molar-refractivity contribution in [3.63, 3.8) is 0 Å². The maximum Gasteiger partial charge on any atom is 0.291 e. The van der Waals surface area contributed by atoms with Gasteiger partial charge in [0.25, 0.3) is 5.91 Å². The Morgan fingerprint density at radius 1 is 1.21 bits per heavy atom. The highest BCUT2D eigenvalue weighted by molar-refractivity contribution is 5.90. The molecule has 3 heterocycles. The van der Waals surface area contributed by atoms with Gasteiger partial charge in [0, 0.05) is 31.9 Å². The molecule has 0 radical (unpaired) electrons. The van der Waals surface area contributed by atoms with Crippen LogP contribution >= 0.6 is 0 Å². The Kier molecular flexibility index (Phi) is 5.32. The quantitative estimate of drug-likeness (QED) is 0.679. The largest absolute Gasteiger partial charge is 0.497 e. The lowest BCUT2D eigenvalue weighted by Gasteiger charge is -2.30. The van der Waals surface area contributed by atoms with Crippen LogP contribution in [-0.2, 0) is 6.42 Å². The molecule has 2 aromatic heterocycles. The third-order valence-electron chi connectivity index (χ3n) is 4.92. The van der Waals surface area contributed by atoms with Gasteiger partial charge in [-0.3, -0.25) is 4.79 Å². The molecule has 0 saturated carbocycles. The first-order valence-corrected chi connectivity index (χ1v) is 9.37. The van der Waals surface area contributed by atoms with Crippen molar-refractivity contribution in [3.8, 4) is 5.75 Å². The summed E-state index contributed by atoms with van der Waals surface area (Å²) in [7, 11) is 1.65. The van der Waals surface area contributed by atoms with Crippen molar-refractivity contribution in [2.75, 3.05) is 20.2 Å². The van der Waals surface area contributed by atoms with Crippen LogP contribution in [0.5, 0.6) is 5.75 Å². The van der Waals surface area contributed by atoms with Gasteiger partial charge in [-0.2, -0.15) is 0 Å². The summed E-state index contributed by atoms with van der Waals surface area (Å²) in [4.78, 5) is 27.0. The van der Waals surface area contributed by atoms with E-state index in [1.165, 1.54) is 0 Å². The van der Waals surface area contributed by atoms with Gasteiger partial charge in [-0.05, 0) is 36.6 Å². The summed E-state index contributed by atoms with van der Waals surface area (Å²) < 4.78 is 11.2. The molecule has 0 aliphatic carbocycles. The number of hydrogen-bond donors (Lipinski definition) is 0. The molecule has 1 atom stereocenters. The van der Waals surface area contributed by atoms with E-state index in [9.17, 15) is 4.79 Å². The van der Waals surface area contributed by atoms with Gasteiger partial charge in [0.2, 0.25) is 5.82 Å². The fourth-order valence-corrected chi connectivity index (χ4v) is 3.45. The molecule has 144 valence electrons. The fraction of sp³-hybridized carbons (Fsp3) is 0.333. The highest BCUT2D eigenvalue weighted by atomic mass is 16.5. The number of nitrogens with zero attached hydrogens (tertiary/aromatic N) is 4. The van der Waals surface area contributed by atoms with E-state index in [1.54, 1.807) is 36.7 Å². The third-order valence-corrected chi connectivity index (χ3v) is 4.92. The van der Waals surface area contributed by atoms with Crippen molar-refractivity contribution in [2.45, 2.75) is 25.2 Å². The number of oxazole rings is 1. The summed E-state index contributed by atoms with van der Waals surface area (Å²) in [6.07, 6.45) is 7.47. The van der Waals surface area contributed by atoms with Crippen molar-refractivity contribution >= 4 is 5.91 Å². The first-order valence-electron chi connectivity index (χ1n) is 9.37. The molecule has 28 heavy (non-hydrogen) atoms. The average molecular weight is 378 g/mol. The number of carbonyl (C=O) groups excluding carboxylic acids is 1. The van der Waals surface area contributed by atoms with Gasteiger partial charge in [0.05, 0.1) is 19.2 Å². The van der Waals surface area contributed by atoms with Gasteiger partial charge < -0.3 is 14.1 Å². The number of ether oxygens (including phenoxy) is 1. The smallest absolute Gasteiger partial charge is 0.291 e. The standard InChI is InChI=1S/C21H22N4O3/c1-27-17-7-5-15(6-8-17)12-18-13-24-20(28-18)16-4-2-11-25(14-16)21(26)19-22-9-3-10-23-19/h3,5-10,13,16H,2,4,11-12,14H2,1H3/t16-/m1/s1. The number of carbonyl (C=O) groups is 1. The number of hydrogen-bond acceptors (Lipinski definition) is 6. The van der Waals surface area contributed by atoms with Gasteiger partial charge in [-0.25, -0.2) is 15.0 Å². The highest BCUT2D eigenvalue weighted by Crippen LogP contribution is 2.28. The lowest BCUT2D eigenvalue weighted by molar-refractivity contribution is 0.0685. The molecular formula is C21H22N4O3. The maximum atomic E-state index is 12.6. The van der Waals surface area contributed by atoms with E-state index in [0.717, 1.165) is 29.9 Å². The van der Waals surface area contributed by atoms with E-state index in [4.69, 9.17) is 9.15 Å². The van der Waals surface area contributed by atoms with Crippen LogP contribution in [0, 0.1) is 0 Å². The van der Waals surface area contributed by atoms with Crippen molar-refractivity contribution in [3.05, 3.63) is 72.0 Å². The van der Waals surface area contributed by atoms with Crippen molar-refractivity contribution in [1.29, 1.82) is 0 Å². The van der Waals surface area contributed by atoms with Gasteiger partial charge >= 0.3 is 0 Å². The average Bonchev–Trinajstić information content (AvgIpc) is 3.23. The lowest BCUT2D eigenvalue weighted by Crippen LogP contribution is -2.39. The van der Waals surface area contributed by atoms with Gasteiger partial charge in [0.1, 0.15) is 11.5 Å². The molecule has 1 saturated heterocycles. The molecule has 4 rings (SSSR count). The van der Waals surface area contributed by atoms with Crippen LogP contribution in [0.25, 0.3) is 0 Å². The first kappa shape index (κ1) is 18.2. The summed E-state index contributed by atoms with van der Waals surface area (Å²) in [6, 6.07) is 9.60. The van der Waals surface area contributed by atoms with Crippen molar-refractivity contribution < 1.29 is 13.9 Å². The molecule has 1 aromatic carbocycles. The molecule has 0 bridgehead atoms. The van der Waals surface area contributed by atoms with E-state index in [1.807, 2.05) is 24.3 Å². The molecule has 0 unspecified atom stereocenters. The van der Waals surface area contributed by atoms with Crippen LogP contribution in [-0.4, -0.2) is 46.0 Å². The second-order valence-electron chi connectivity index (χ2n) is 6.85. The summed E-state index contributed by atoms with van der Waals surface area (Å²) in [5.41, 5.74) is 1.13. The van der Waals surface area contributed by atoms with E-state index >= 15 is 0 Å². The van der Waals surface area contributed by atoms with E-state index in [2.05, 4.69) is 15.0 Å². The van der Waals surface area contributed by atoms with Crippen LogP contribution in [0.2, 0.25) is 0 Å². The molecule has 1 aliphatic rings. The summed E-state index contributed by atoms with van der Waals surface area (Å²) >= 11 is 0. The van der Waals surface area contributed by atoms with Crippen LogP contribution < -0.4 is 4.74 Å². The van der Waals surface area contributed by atoms with Crippen LogP contribution in [0.15, 0.2) is 53.3 Å². The Morgan fingerprint density at radius 3 is 2.75 bits per heavy atom. The molecule has 7 heteroatoms. The Morgan fingerprint density at radius 2 is 2.00 bits per heavy atom. The Hall–Kier alpha value is -3.22. The second-order valence-corrected chi connectivity index (χ2v) is 6.85. The molecular weight excluding hydrogens is 356 g/mol. The predicted octanol–water partition coefficient (Wildman–Crippen LogP) is 3.08. The normalized spacial score (nSPS) is 16.8. The molecule has 1 aliphatic heterocycles. The number of methoxy groups -OCH3 is 1. The number of rotatable bonds is 5. The van der Waals surface area contributed by atoms with Crippen LogP contribution in [0.3, 0.4) is 0 Å². The van der Waals surface area contributed by atoms with E-state index < -0.39 is 0 Å². The lowest BCUT2D eigenvalue weighted by atomic mass is 9.98. The fourth-order valence-electron chi connectivity index (χ4n) is 3.45. The second kappa shape index (κ2) is 8.21. The number of aromatic nitrogens is 3. The number of amides is 1. The number of piperidine rings is 1. The minimum absolute atomic E-state index is 0.0889. The van der Waals surface area contributed by atoms with Crippen molar-refractivity contribution in [1.82, 2.24) is 19.9 Å². The number of benzene rings is 1. The minimum Gasteiger partial charge on any atom is -0.497 e. The van der Waals surface area contributed by atoms with Gasteiger partial charge in [0.15, 0.2) is 5.89 Å². The zero-order valence-electron chi connectivity index (χ0n) is 15.7. The molecule has 1 amide bonds. The Balaban J connectivity index is 1.42. The van der Waals surface area contributed by atoms with E-state index in [0.29, 0.717) is 25.4 Å². The van der Waals surface area contributed by atoms with Crippen LogP contribution in [0.4, 0.5) is 0 Å². The Labute approximate surface area is 163 Å². The highest BCUT2D eigenvalue weighted by Gasteiger charge is 2.29. The predicted molar refractivity (Wildman–Crippen MR) is 102 cm³/mol. The monoisotopic (exact) mass is 378 g/mol. The zero-order valence-corrected chi connectivity index (χ0v) is 15.7. The van der Waals surface area contributed by atoms with Gasteiger partial charge in [-0.15, -0.1) is 0 Å². The summed E-state index contributed by atoms with van der Waals surface area (Å²) in [5.74, 6) is 2.51. The SMILES string of the molecule is COc1ccc(Cc2cnc([C@@H]3CCCN(C(=O)c4ncccn4)C3)o2)cc1. The zero-order chi connectivity index (χ0) is 19.3. The molecule has 3 aromatic rings. The molecule has 1 fully saturated rings. The summed E-state index contributed by atoms with van der Waals surface area (Å²) in [6.45, 7) is 1.27. The minimum atomic E-state index is -0.143. The molecule has 7 nitrogen and oxygen atoms in total. The maximum absolute atomic E-state index is 12.6. The van der Waals surface area contributed by atoms with Gasteiger partial charge in [-0.1, -0.05) is 12.1 Å².